The molecule has 3 nitrogen and oxygen atoms in total. The molecule has 1 aromatic carbocycles. The SMILES string of the molecule is Cc1ccc(CNC2CCC(=O)N(C)C2)cc1C. The molecule has 0 bridgehead atoms. The normalized spacial score (nSPS) is 20.3. The van der Waals surface area contributed by atoms with Crippen LogP contribution in [0.15, 0.2) is 18.2 Å². The van der Waals surface area contributed by atoms with Crippen LogP contribution < -0.4 is 5.32 Å². The van der Waals surface area contributed by atoms with Gasteiger partial charge in [-0.1, -0.05) is 18.2 Å². The van der Waals surface area contributed by atoms with Gasteiger partial charge in [0, 0.05) is 32.6 Å². The third kappa shape index (κ3) is 3.10. The van der Waals surface area contributed by atoms with Gasteiger partial charge in [0.1, 0.15) is 0 Å². The zero-order valence-electron chi connectivity index (χ0n) is 11.5. The van der Waals surface area contributed by atoms with Crippen LogP contribution in [-0.4, -0.2) is 30.4 Å². The number of nitrogens with zero attached hydrogens (tertiary/aromatic N) is 1. The van der Waals surface area contributed by atoms with Gasteiger partial charge >= 0.3 is 0 Å². The Hall–Kier alpha value is -1.35. The quantitative estimate of drug-likeness (QED) is 0.885. The van der Waals surface area contributed by atoms with E-state index in [0.29, 0.717) is 12.5 Å². The van der Waals surface area contributed by atoms with Gasteiger partial charge < -0.3 is 10.2 Å². The summed E-state index contributed by atoms with van der Waals surface area (Å²) in [6, 6.07) is 7.00. The number of piperidine rings is 1. The van der Waals surface area contributed by atoms with Crippen LogP contribution in [0, 0.1) is 13.8 Å². The minimum absolute atomic E-state index is 0.263. The van der Waals surface area contributed by atoms with Crippen molar-refractivity contribution in [1.82, 2.24) is 10.2 Å². The van der Waals surface area contributed by atoms with Gasteiger partial charge in [-0.3, -0.25) is 4.79 Å². The molecule has 1 aliphatic rings. The summed E-state index contributed by atoms with van der Waals surface area (Å²) in [4.78, 5) is 13.2. The highest BCUT2D eigenvalue weighted by Gasteiger charge is 2.22. The van der Waals surface area contributed by atoms with E-state index in [1.807, 2.05) is 11.9 Å². The molecule has 0 saturated carbocycles. The number of carbonyl (C=O) groups excluding carboxylic acids is 1. The summed E-state index contributed by atoms with van der Waals surface area (Å²) in [5.41, 5.74) is 3.99. The van der Waals surface area contributed by atoms with Crippen LogP contribution in [0.3, 0.4) is 0 Å². The van der Waals surface area contributed by atoms with E-state index >= 15 is 0 Å². The molecule has 98 valence electrons. The number of rotatable bonds is 3. The first-order valence-electron chi connectivity index (χ1n) is 6.60. The number of hydrogen-bond donors (Lipinski definition) is 1. The molecule has 1 saturated heterocycles. The van der Waals surface area contributed by atoms with Crippen LogP contribution >= 0.6 is 0 Å². The fourth-order valence-corrected chi connectivity index (χ4v) is 2.35. The van der Waals surface area contributed by atoms with E-state index in [1.165, 1.54) is 16.7 Å². The fourth-order valence-electron chi connectivity index (χ4n) is 2.35. The van der Waals surface area contributed by atoms with Crippen LogP contribution in [-0.2, 0) is 11.3 Å². The second-order valence-electron chi connectivity index (χ2n) is 5.31. The maximum Gasteiger partial charge on any atom is 0.222 e. The molecule has 1 N–H and O–H groups in total. The summed E-state index contributed by atoms with van der Waals surface area (Å²) in [7, 11) is 1.88. The maximum absolute atomic E-state index is 11.4. The monoisotopic (exact) mass is 246 g/mol. The van der Waals surface area contributed by atoms with Crippen LogP contribution in [0.2, 0.25) is 0 Å². The van der Waals surface area contributed by atoms with E-state index in [1.54, 1.807) is 0 Å². The van der Waals surface area contributed by atoms with Crippen molar-refractivity contribution in [2.24, 2.45) is 0 Å². The van der Waals surface area contributed by atoms with E-state index in [2.05, 4.69) is 37.4 Å². The molecule has 3 heteroatoms. The van der Waals surface area contributed by atoms with Crippen molar-refractivity contribution in [3.63, 3.8) is 0 Å². The van der Waals surface area contributed by atoms with Gasteiger partial charge in [-0.15, -0.1) is 0 Å². The standard InChI is InChI=1S/C15H22N2O/c1-11-4-5-13(8-12(11)2)9-16-14-6-7-15(18)17(3)10-14/h4-5,8,14,16H,6-7,9-10H2,1-3H3. The smallest absolute Gasteiger partial charge is 0.222 e. The third-order valence-electron chi connectivity index (χ3n) is 3.79. The number of hydrogen-bond acceptors (Lipinski definition) is 2. The second kappa shape index (κ2) is 5.53. The molecule has 0 spiro atoms. The zero-order chi connectivity index (χ0) is 13.1. The van der Waals surface area contributed by atoms with Crippen LogP contribution in [0.25, 0.3) is 0 Å². The number of carbonyl (C=O) groups is 1. The number of nitrogens with one attached hydrogen (secondary N) is 1. The molecule has 0 aliphatic carbocycles. The van der Waals surface area contributed by atoms with Gasteiger partial charge in [0.2, 0.25) is 5.91 Å². The van der Waals surface area contributed by atoms with Crippen LogP contribution in [0.5, 0.6) is 0 Å². The highest BCUT2D eigenvalue weighted by atomic mass is 16.2. The minimum atomic E-state index is 0.263. The lowest BCUT2D eigenvalue weighted by Crippen LogP contribution is -2.46. The van der Waals surface area contributed by atoms with Crippen molar-refractivity contribution < 1.29 is 4.79 Å². The largest absolute Gasteiger partial charge is 0.344 e. The molecule has 2 rings (SSSR count). The lowest BCUT2D eigenvalue weighted by atomic mass is 10.0. The number of aryl methyl sites for hydroxylation is 2. The molecular formula is C15H22N2O. The average molecular weight is 246 g/mol. The lowest BCUT2D eigenvalue weighted by Gasteiger charge is -2.30. The Morgan fingerprint density at radius 1 is 1.33 bits per heavy atom. The van der Waals surface area contributed by atoms with Crippen molar-refractivity contribution in [3.8, 4) is 0 Å². The van der Waals surface area contributed by atoms with E-state index in [4.69, 9.17) is 0 Å². The Morgan fingerprint density at radius 3 is 2.78 bits per heavy atom. The summed E-state index contributed by atoms with van der Waals surface area (Å²) in [6.07, 6.45) is 1.62. The molecule has 1 heterocycles. The molecule has 1 aromatic rings. The maximum atomic E-state index is 11.4. The predicted octanol–water partition coefficient (Wildman–Crippen LogP) is 2.01. The van der Waals surface area contributed by atoms with E-state index < -0.39 is 0 Å². The molecule has 1 fully saturated rings. The summed E-state index contributed by atoms with van der Waals surface area (Å²) in [6.45, 7) is 5.98. The Morgan fingerprint density at radius 2 is 2.11 bits per heavy atom. The average Bonchev–Trinajstić information content (AvgIpc) is 2.35. The molecule has 1 unspecified atom stereocenters. The molecule has 18 heavy (non-hydrogen) atoms. The molecular weight excluding hydrogens is 224 g/mol. The molecule has 1 aliphatic heterocycles. The third-order valence-corrected chi connectivity index (χ3v) is 3.79. The van der Waals surface area contributed by atoms with Crippen molar-refractivity contribution in [1.29, 1.82) is 0 Å². The second-order valence-corrected chi connectivity index (χ2v) is 5.31. The van der Waals surface area contributed by atoms with E-state index in [-0.39, 0.29) is 5.91 Å². The van der Waals surface area contributed by atoms with Crippen molar-refractivity contribution in [2.75, 3.05) is 13.6 Å². The van der Waals surface area contributed by atoms with Gasteiger partial charge in [-0.25, -0.2) is 0 Å². The van der Waals surface area contributed by atoms with E-state index in [0.717, 1.165) is 19.5 Å². The zero-order valence-corrected chi connectivity index (χ0v) is 11.5. The summed E-state index contributed by atoms with van der Waals surface area (Å²) in [5, 5.41) is 3.54. The topological polar surface area (TPSA) is 32.3 Å². The van der Waals surface area contributed by atoms with Crippen molar-refractivity contribution in [3.05, 3.63) is 34.9 Å². The highest BCUT2D eigenvalue weighted by Crippen LogP contribution is 2.12. The van der Waals surface area contributed by atoms with Gasteiger partial charge in [0.15, 0.2) is 0 Å². The Bertz CT molecular complexity index is 442. The Balaban J connectivity index is 1.88. The number of benzene rings is 1. The Labute approximate surface area is 109 Å². The van der Waals surface area contributed by atoms with Crippen LogP contribution in [0.4, 0.5) is 0 Å². The first kappa shape index (κ1) is 13.1. The summed E-state index contributed by atoms with van der Waals surface area (Å²) in [5.74, 6) is 0.263. The van der Waals surface area contributed by atoms with Crippen molar-refractivity contribution in [2.45, 2.75) is 39.3 Å². The minimum Gasteiger partial charge on any atom is -0.344 e. The first-order chi connectivity index (χ1) is 8.56. The molecule has 0 aromatic heterocycles. The number of likely N-dealkylation sites (N-methyl/N-ethyl adjacent to an activating group) is 1. The summed E-state index contributed by atoms with van der Waals surface area (Å²) >= 11 is 0. The highest BCUT2D eigenvalue weighted by molar-refractivity contribution is 5.76. The molecule has 1 amide bonds. The lowest BCUT2D eigenvalue weighted by molar-refractivity contribution is -0.132. The van der Waals surface area contributed by atoms with Gasteiger partial charge in [0.25, 0.3) is 0 Å². The van der Waals surface area contributed by atoms with Gasteiger partial charge in [-0.2, -0.15) is 0 Å². The first-order valence-corrected chi connectivity index (χ1v) is 6.60. The predicted molar refractivity (Wildman–Crippen MR) is 73.4 cm³/mol. The van der Waals surface area contributed by atoms with Crippen molar-refractivity contribution >= 4 is 5.91 Å². The van der Waals surface area contributed by atoms with Gasteiger partial charge in [-0.05, 0) is 37.0 Å². The number of amides is 1. The summed E-state index contributed by atoms with van der Waals surface area (Å²) < 4.78 is 0. The Kier molecular flexibility index (Phi) is 4.02. The van der Waals surface area contributed by atoms with Crippen LogP contribution in [0.1, 0.15) is 29.5 Å². The fraction of sp³-hybridized carbons (Fsp3) is 0.533. The molecule has 1 atom stereocenters. The van der Waals surface area contributed by atoms with E-state index in [9.17, 15) is 4.79 Å². The van der Waals surface area contributed by atoms with Gasteiger partial charge in [0.05, 0.1) is 0 Å². The number of likely N-dealkylation sites (tertiary alicyclic amines) is 1. The molecule has 0 radical (unpaired) electrons.